The summed E-state index contributed by atoms with van der Waals surface area (Å²) in [5.41, 5.74) is 6.11. The molecule has 0 saturated carbocycles. The molecule has 184 valence electrons. The number of aryl methyl sites for hydroxylation is 3. The van der Waals surface area contributed by atoms with E-state index in [2.05, 4.69) is 53.3 Å². The Hall–Kier alpha value is -3.30. The van der Waals surface area contributed by atoms with Crippen molar-refractivity contribution in [2.24, 2.45) is 0 Å². The molecule has 0 radical (unpaired) electrons. The number of carbonyl (C=O) groups excluding carboxylic acids is 1. The average Bonchev–Trinajstić information content (AvgIpc) is 2.86. The van der Waals surface area contributed by atoms with Gasteiger partial charge >= 0.3 is 0 Å². The minimum atomic E-state index is -3.62. The van der Waals surface area contributed by atoms with E-state index in [9.17, 15) is 13.2 Å². The van der Waals surface area contributed by atoms with Gasteiger partial charge in [-0.25, -0.2) is 8.42 Å². The van der Waals surface area contributed by atoms with Gasteiger partial charge in [-0.1, -0.05) is 13.0 Å². The van der Waals surface area contributed by atoms with Gasteiger partial charge < -0.3 is 10.2 Å². The van der Waals surface area contributed by atoms with Crippen LogP contribution in [0.5, 0.6) is 0 Å². The zero-order chi connectivity index (χ0) is 25.2. The highest BCUT2D eigenvalue weighted by atomic mass is 32.2. The summed E-state index contributed by atoms with van der Waals surface area (Å²) in [4.78, 5) is 13.8. The second kappa shape index (κ2) is 10.1. The molecule has 0 bridgehead atoms. The average molecular weight is 494 g/mol. The van der Waals surface area contributed by atoms with Crippen LogP contribution in [0.3, 0.4) is 0 Å². The van der Waals surface area contributed by atoms with Gasteiger partial charge in [0.15, 0.2) is 5.82 Å². The van der Waals surface area contributed by atoms with Crippen molar-refractivity contribution < 1.29 is 13.2 Å². The van der Waals surface area contributed by atoms with Gasteiger partial charge in [0.05, 0.1) is 10.6 Å². The Morgan fingerprint density at radius 2 is 1.54 bits per heavy atom. The molecule has 1 aromatic heterocycles. The molecule has 1 saturated heterocycles. The van der Waals surface area contributed by atoms with Gasteiger partial charge in [-0.3, -0.25) is 4.79 Å². The minimum Gasteiger partial charge on any atom is -0.352 e. The lowest BCUT2D eigenvalue weighted by atomic mass is 9.99. The molecule has 1 aliphatic heterocycles. The van der Waals surface area contributed by atoms with Crippen molar-refractivity contribution in [3.8, 4) is 11.3 Å². The molecule has 1 fully saturated rings. The molecule has 2 heterocycles. The number of nitrogens with one attached hydrogen (secondary N) is 1. The van der Waals surface area contributed by atoms with Crippen LogP contribution in [0.15, 0.2) is 53.4 Å². The van der Waals surface area contributed by atoms with E-state index in [0.29, 0.717) is 38.3 Å². The lowest BCUT2D eigenvalue weighted by Gasteiger charge is -2.34. The Labute approximate surface area is 207 Å². The highest BCUT2D eigenvalue weighted by Crippen LogP contribution is 2.26. The predicted octanol–water partition coefficient (Wildman–Crippen LogP) is 3.93. The topological polar surface area (TPSA) is 95.5 Å². The number of carbonyl (C=O) groups is 1. The Balaban J connectivity index is 1.41. The van der Waals surface area contributed by atoms with Gasteiger partial charge in [0.25, 0.3) is 0 Å². The van der Waals surface area contributed by atoms with Crippen LogP contribution in [0.25, 0.3) is 11.3 Å². The smallest absolute Gasteiger partial charge is 0.243 e. The minimum absolute atomic E-state index is 0.114. The number of piperazine rings is 1. The van der Waals surface area contributed by atoms with Gasteiger partial charge in [0.2, 0.25) is 15.9 Å². The first-order chi connectivity index (χ1) is 16.7. The highest BCUT2D eigenvalue weighted by Gasteiger charge is 2.29. The number of aromatic nitrogens is 2. The van der Waals surface area contributed by atoms with Crippen LogP contribution in [0, 0.1) is 20.8 Å². The van der Waals surface area contributed by atoms with Crippen LogP contribution in [-0.2, 0) is 14.8 Å². The first kappa shape index (κ1) is 24.8. The molecule has 1 N–H and O–H groups in total. The van der Waals surface area contributed by atoms with Crippen molar-refractivity contribution in [3.63, 3.8) is 0 Å². The standard InChI is InChI=1S/C26H31N5O3S/c1-5-26(32)27-21-6-8-22(9-7-21)35(33,34)31-14-12-30(13-15-31)25-11-10-24(28-29-25)23-17-19(3)18(2)16-20(23)4/h6-11,16-17H,5,12-15H2,1-4H3,(H,27,32). The predicted molar refractivity (Wildman–Crippen MR) is 138 cm³/mol. The second-order valence-corrected chi connectivity index (χ2v) is 10.8. The molecule has 1 aliphatic rings. The zero-order valence-electron chi connectivity index (χ0n) is 20.6. The number of benzene rings is 2. The van der Waals surface area contributed by atoms with E-state index in [-0.39, 0.29) is 10.8 Å². The van der Waals surface area contributed by atoms with E-state index in [0.717, 1.165) is 22.6 Å². The Morgan fingerprint density at radius 1 is 0.886 bits per heavy atom. The zero-order valence-corrected chi connectivity index (χ0v) is 21.4. The number of rotatable bonds is 6. The fraction of sp³-hybridized carbons (Fsp3) is 0.346. The number of anilines is 2. The normalized spacial score (nSPS) is 14.7. The van der Waals surface area contributed by atoms with Crippen molar-refractivity contribution in [2.75, 3.05) is 36.4 Å². The third-order valence-corrected chi connectivity index (χ3v) is 8.34. The number of hydrogen-bond donors (Lipinski definition) is 1. The van der Waals surface area contributed by atoms with E-state index in [1.807, 2.05) is 12.1 Å². The molecule has 0 aliphatic carbocycles. The lowest BCUT2D eigenvalue weighted by Crippen LogP contribution is -2.49. The maximum Gasteiger partial charge on any atom is 0.243 e. The van der Waals surface area contributed by atoms with Crippen LogP contribution in [0.4, 0.5) is 11.5 Å². The maximum atomic E-state index is 13.1. The molecule has 2 aromatic carbocycles. The quantitative estimate of drug-likeness (QED) is 0.559. The number of hydrogen-bond acceptors (Lipinski definition) is 6. The largest absolute Gasteiger partial charge is 0.352 e. The van der Waals surface area contributed by atoms with Gasteiger partial charge in [-0.15, -0.1) is 10.2 Å². The summed E-state index contributed by atoms with van der Waals surface area (Å²) >= 11 is 0. The fourth-order valence-corrected chi connectivity index (χ4v) is 5.56. The summed E-state index contributed by atoms with van der Waals surface area (Å²) in [6, 6.07) is 14.5. The van der Waals surface area contributed by atoms with E-state index in [1.54, 1.807) is 19.1 Å². The van der Waals surface area contributed by atoms with Crippen molar-refractivity contribution >= 4 is 27.4 Å². The summed E-state index contributed by atoms with van der Waals surface area (Å²) in [5.74, 6) is 0.625. The first-order valence-electron chi connectivity index (χ1n) is 11.8. The van der Waals surface area contributed by atoms with Crippen molar-refractivity contribution in [1.29, 1.82) is 0 Å². The van der Waals surface area contributed by atoms with Crippen LogP contribution in [0.1, 0.15) is 30.0 Å². The van der Waals surface area contributed by atoms with Crippen LogP contribution in [-0.4, -0.2) is 55.0 Å². The third kappa shape index (κ3) is 5.36. The molecule has 0 spiro atoms. The van der Waals surface area contributed by atoms with Crippen molar-refractivity contribution in [1.82, 2.24) is 14.5 Å². The third-order valence-electron chi connectivity index (χ3n) is 6.43. The Morgan fingerprint density at radius 3 is 2.14 bits per heavy atom. The van der Waals surface area contributed by atoms with Crippen LogP contribution in [0.2, 0.25) is 0 Å². The molecular formula is C26H31N5O3S. The number of nitrogens with zero attached hydrogens (tertiary/aromatic N) is 4. The lowest BCUT2D eigenvalue weighted by molar-refractivity contribution is -0.115. The van der Waals surface area contributed by atoms with Gasteiger partial charge in [0.1, 0.15) is 0 Å². The monoisotopic (exact) mass is 493 g/mol. The van der Waals surface area contributed by atoms with Crippen molar-refractivity contribution in [3.05, 3.63) is 65.2 Å². The number of amides is 1. The van der Waals surface area contributed by atoms with Gasteiger partial charge in [-0.05, 0) is 79.9 Å². The fourth-order valence-electron chi connectivity index (χ4n) is 4.14. The maximum absolute atomic E-state index is 13.1. The molecule has 8 nitrogen and oxygen atoms in total. The molecule has 4 rings (SSSR count). The molecular weight excluding hydrogens is 462 g/mol. The molecule has 35 heavy (non-hydrogen) atoms. The SMILES string of the molecule is CCC(=O)Nc1ccc(S(=O)(=O)N2CCN(c3ccc(-c4cc(C)c(C)cc4C)nn3)CC2)cc1. The molecule has 1 amide bonds. The Kier molecular flexibility index (Phi) is 7.18. The van der Waals surface area contributed by atoms with Crippen LogP contribution >= 0.6 is 0 Å². The summed E-state index contributed by atoms with van der Waals surface area (Å²) in [6.07, 6.45) is 0.364. The van der Waals surface area contributed by atoms with Gasteiger partial charge in [0, 0.05) is 43.9 Å². The second-order valence-electron chi connectivity index (χ2n) is 8.85. The van der Waals surface area contributed by atoms with E-state index >= 15 is 0 Å². The van der Waals surface area contributed by atoms with E-state index < -0.39 is 10.0 Å². The highest BCUT2D eigenvalue weighted by molar-refractivity contribution is 7.89. The van der Waals surface area contributed by atoms with Crippen LogP contribution < -0.4 is 10.2 Å². The number of sulfonamides is 1. The molecule has 3 aromatic rings. The Bertz CT molecular complexity index is 1310. The summed E-state index contributed by atoms with van der Waals surface area (Å²) < 4.78 is 27.7. The van der Waals surface area contributed by atoms with E-state index in [1.165, 1.54) is 27.6 Å². The summed E-state index contributed by atoms with van der Waals surface area (Å²) in [7, 11) is -3.62. The van der Waals surface area contributed by atoms with Crippen molar-refractivity contribution in [2.45, 2.75) is 39.0 Å². The summed E-state index contributed by atoms with van der Waals surface area (Å²) in [5, 5.41) is 11.6. The summed E-state index contributed by atoms with van der Waals surface area (Å²) in [6.45, 7) is 9.80. The molecule has 0 atom stereocenters. The van der Waals surface area contributed by atoms with Gasteiger partial charge in [-0.2, -0.15) is 4.31 Å². The molecule has 0 unspecified atom stereocenters. The molecule has 9 heteroatoms. The first-order valence-corrected chi connectivity index (χ1v) is 13.2. The van der Waals surface area contributed by atoms with E-state index in [4.69, 9.17) is 0 Å².